The third-order valence-corrected chi connectivity index (χ3v) is 2.01. The van der Waals surface area contributed by atoms with Gasteiger partial charge in [0.1, 0.15) is 0 Å². The number of rotatable bonds is 3. The summed E-state index contributed by atoms with van der Waals surface area (Å²) in [4.78, 5) is 0. The van der Waals surface area contributed by atoms with Crippen molar-refractivity contribution in [3.63, 3.8) is 0 Å². The summed E-state index contributed by atoms with van der Waals surface area (Å²) in [5.41, 5.74) is 1.85. The minimum atomic E-state index is 0.326. The van der Waals surface area contributed by atoms with Crippen LogP contribution in [0.5, 0.6) is 0 Å². The van der Waals surface area contributed by atoms with Crippen molar-refractivity contribution < 1.29 is 0 Å². The first-order valence-electron chi connectivity index (χ1n) is 4.88. The van der Waals surface area contributed by atoms with Crippen molar-refractivity contribution in [3.05, 3.63) is 23.8 Å². The van der Waals surface area contributed by atoms with Gasteiger partial charge in [0.05, 0.1) is 0 Å². The van der Waals surface area contributed by atoms with Crippen LogP contribution in [0.15, 0.2) is 23.8 Å². The topological polar surface area (TPSA) is 0 Å². The van der Waals surface area contributed by atoms with Crippen LogP contribution in [-0.2, 0) is 0 Å². The number of allylic oxidation sites excluding steroid dienone is 4. The van der Waals surface area contributed by atoms with E-state index in [-0.39, 0.29) is 0 Å². The highest BCUT2D eigenvalue weighted by Gasteiger charge is 2.13. The van der Waals surface area contributed by atoms with Crippen LogP contribution in [-0.4, -0.2) is 0 Å². The largest absolute Gasteiger partial charge is 0.0848 e. The Morgan fingerprint density at radius 3 is 2.08 bits per heavy atom. The van der Waals surface area contributed by atoms with Crippen LogP contribution in [0.4, 0.5) is 0 Å². The molecular weight excluding hydrogens is 144 g/mol. The van der Waals surface area contributed by atoms with Crippen molar-refractivity contribution in [2.24, 2.45) is 5.41 Å². The maximum Gasteiger partial charge on any atom is -0.0170 e. The quantitative estimate of drug-likeness (QED) is 0.547. The first kappa shape index (κ1) is 11.5. The number of hydrogen-bond acceptors (Lipinski definition) is 0. The Balaban J connectivity index is 4.34. The van der Waals surface area contributed by atoms with Gasteiger partial charge in [-0.1, -0.05) is 58.4 Å². The summed E-state index contributed by atoms with van der Waals surface area (Å²) < 4.78 is 0. The van der Waals surface area contributed by atoms with Crippen molar-refractivity contribution >= 4 is 0 Å². The minimum absolute atomic E-state index is 0.326. The van der Waals surface area contributed by atoms with Gasteiger partial charge in [-0.15, -0.1) is 0 Å². The van der Waals surface area contributed by atoms with Crippen LogP contribution >= 0.6 is 0 Å². The molecule has 0 aliphatic heterocycles. The molecule has 12 heavy (non-hydrogen) atoms. The molecule has 0 nitrogen and oxygen atoms in total. The normalized spacial score (nSPS) is 14.2. The summed E-state index contributed by atoms with van der Waals surface area (Å²) in [5.74, 6) is 0. The molecule has 0 aliphatic carbocycles. The fourth-order valence-corrected chi connectivity index (χ4v) is 1.22. The second-order valence-electron chi connectivity index (χ2n) is 4.13. The molecule has 0 aliphatic rings. The summed E-state index contributed by atoms with van der Waals surface area (Å²) in [6, 6.07) is 0. The lowest BCUT2D eigenvalue weighted by atomic mass is 9.84. The van der Waals surface area contributed by atoms with E-state index in [9.17, 15) is 0 Å². The Bertz CT molecular complexity index is 165. The van der Waals surface area contributed by atoms with Crippen molar-refractivity contribution in [2.75, 3.05) is 0 Å². The molecule has 0 aromatic rings. The van der Waals surface area contributed by atoms with E-state index < -0.39 is 0 Å². The second kappa shape index (κ2) is 5.18. The van der Waals surface area contributed by atoms with E-state index in [4.69, 9.17) is 0 Å². The molecule has 0 unspecified atom stereocenters. The number of hydrogen-bond donors (Lipinski definition) is 0. The van der Waals surface area contributed by atoms with Crippen molar-refractivity contribution in [3.8, 4) is 0 Å². The maximum atomic E-state index is 2.27. The lowest BCUT2D eigenvalue weighted by molar-refractivity contribution is 0.488. The average Bonchev–Trinajstić information content (AvgIpc) is 1.95. The molecule has 0 fully saturated rings. The monoisotopic (exact) mass is 166 g/mol. The fraction of sp³-hybridized carbons (Fsp3) is 0.667. The van der Waals surface area contributed by atoms with E-state index in [1.807, 2.05) is 0 Å². The summed E-state index contributed by atoms with van der Waals surface area (Å²) in [6.07, 6.45) is 8.89. The van der Waals surface area contributed by atoms with E-state index in [1.165, 1.54) is 5.57 Å². The highest BCUT2D eigenvalue weighted by Crippen LogP contribution is 2.27. The zero-order valence-corrected chi connectivity index (χ0v) is 9.15. The van der Waals surface area contributed by atoms with Gasteiger partial charge in [0.2, 0.25) is 0 Å². The third-order valence-electron chi connectivity index (χ3n) is 2.01. The standard InChI is InChI=1S/C12H22/c1-6-8-9-10-11(7-2)12(3,4)5/h8-10H,6-7H2,1-5H3/b9-8-,11-10+. The van der Waals surface area contributed by atoms with Gasteiger partial charge in [-0.2, -0.15) is 0 Å². The smallest absolute Gasteiger partial charge is 0.0170 e. The average molecular weight is 166 g/mol. The van der Waals surface area contributed by atoms with Gasteiger partial charge in [0, 0.05) is 0 Å². The Hall–Kier alpha value is -0.520. The molecule has 0 atom stereocenters. The summed E-state index contributed by atoms with van der Waals surface area (Å²) >= 11 is 0. The molecule has 70 valence electrons. The zero-order valence-electron chi connectivity index (χ0n) is 9.15. The Morgan fingerprint density at radius 1 is 1.17 bits per heavy atom. The van der Waals surface area contributed by atoms with Gasteiger partial charge >= 0.3 is 0 Å². The maximum absolute atomic E-state index is 2.27. The molecule has 0 saturated carbocycles. The van der Waals surface area contributed by atoms with Crippen LogP contribution in [0.2, 0.25) is 0 Å². The van der Waals surface area contributed by atoms with Gasteiger partial charge in [0.15, 0.2) is 0 Å². The SMILES string of the molecule is CC/C=C\C=C(/CC)C(C)(C)C. The molecular formula is C12H22. The molecule has 0 aromatic carbocycles. The molecule has 0 saturated heterocycles. The lowest BCUT2D eigenvalue weighted by Crippen LogP contribution is -2.08. The Kier molecular flexibility index (Phi) is 4.96. The molecule has 0 heteroatoms. The van der Waals surface area contributed by atoms with Crippen molar-refractivity contribution in [2.45, 2.75) is 47.5 Å². The Morgan fingerprint density at radius 2 is 1.75 bits per heavy atom. The van der Waals surface area contributed by atoms with Crippen molar-refractivity contribution in [1.82, 2.24) is 0 Å². The van der Waals surface area contributed by atoms with Gasteiger partial charge in [-0.25, -0.2) is 0 Å². The predicted molar refractivity (Wildman–Crippen MR) is 57.3 cm³/mol. The van der Waals surface area contributed by atoms with E-state index in [0.29, 0.717) is 5.41 Å². The summed E-state index contributed by atoms with van der Waals surface area (Å²) in [6.45, 7) is 11.2. The highest BCUT2D eigenvalue weighted by molar-refractivity contribution is 5.17. The first-order valence-corrected chi connectivity index (χ1v) is 4.88. The van der Waals surface area contributed by atoms with Gasteiger partial charge in [0.25, 0.3) is 0 Å². The predicted octanol–water partition coefficient (Wildman–Crippen LogP) is 4.34. The molecule has 0 spiro atoms. The van der Waals surface area contributed by atoms with Gasteiger partial charge in [-0.3, -0.25) is 0 Å². The third kappa shape index (κ3) is 4.38. The van der Waals surface area contributed by atoms with Crippen LogP contribution < -0.4 is 0 Å². The molecule has 0 aromatic heterocycles. The van der Waals surface area contributed by atoms with Gasteiger partial charge < -0.3 is 0 Å². The minimum Gasteiger partial charge on any atom is -0.0848 e. The van der Waals surface area contributed by atoms with E-state index in [2.05, 4.69) is 52.8 Å². The van der Waals surface area contributed by atoms with Crippen molar-refractivity contribution in [1.29, 1.82) is 0 Å². The zero-order chi connectivity index (χ0) is 9.61. The molecule has 0 bridgehead atoms. The molecule has 0 amide bonds. The van der Waals surface area contributed by atoms with E-state index >= 15 is 0 Å². The molecule has 0 heterocycles. The van der Waals surface area contributed by atoms with Crippen LogP contribution in [0.25, 0.3) is 0 Å². The molecule has 0 radical (unpaired) electrons. The van der Waals surface area contributed by atoms with Crippen LogP contribution in [0.1, 0.15) is 47.5 Å². The highest BCUT2D eigenvalue weighted by atomic mass is 14.2. The van der Waals surface area contributed by atoms with Gasteiger partial charge in [-0.05, 0) is 18.3 Å². The van der Waals surface area contributed by atoms with Crippen LogP contribution in [0, 0.1) is 5.41 Å². The van der Waals surface area contributed by atoms with Crippen LogP contribution in [0.3, 0.4) is 0 Å². The van der Waals surface area contributed by atoms with E-state index in [1.54, 1.807) is 0 Å². The summed E-state index contributed by atoms with van der Waals surface area (Å²) in [7, 11) is 0. The first-order chi connectivity index (χ1) is 5.52. The lowest BCUT2D eigenvalue weighted by Gasteiger charge is -2.21. The summed E-state index contributed by atoms with van der Waals surface area (Å²) in [5, 5.41) is 0. The Labute approximate surface area is 77.4 Å². The fourth-order valence-electron chi connectivity index (χ4n) is 1.22. The molecule has 0 rings (SSSR count). The van der Waals surface area contributed by atoms with E-state index in [0.717, 1.165) is 12.8 Å². The molecule has 0 N–H and O–H groups in total. The second-order valence-corrected chi connectivity index (χ2v) is 4.13.